The highest BCUT2D eigenvalue weighted by molar-refractivity contribution is 6.32. The highest BCUT2D eigenvalue weighted by Crippen LogP contribution is 2.25. The summed E-state index contributed by atoms with van der Waals surface area (Å²) in [6.45, 7) is 0.669. The molecular weight excluding hydrogens is 294 g/mol. The van der Waals surface area contributed by atoms with Gasteiger partial charge in [-0.15, -0.1) is 0 Å². The van der Waals surface area contributed by atoms with E-state index in [1.165, 1.54) is 12.1 Å². The minimum absolute atomic E-state index is 0.112. The van der Waals surface area contributed by atoms with Crippen molar-refractivity contribution in [2.45, 2.75) is 13.2 Å². The molecule has 0 aliphatic heterocycles. The van der Waals surface area contributed by atoms with Gasteiger partial charge >= 0.3 is 0 Å². The smallest absolute Gasteiger partial charge is 0.288 e. The molecule has 0 aromatic heterocycles. The van der Waals surface area contributed by atoms with Crippen LogP contribution in [0.25, 0.3) is 0 Å². The summed E-state index contributed by atoms with van der Waals surface area (Å²) < 4.78 is 10.7. The van der Waals surface area contributed by atoms with Crippen LogP contribution in [-0.2, 0) is 18.0 Å². The topological polar surface area (TPSA) is 61.6 Å². The second-order valence-electron chi connectivity index (χ2n) is 4.39. The first-order valence-electron chi connectivity index (χ1n) is 6.23. The van der Waals surface area contributed by atoms with Gasteiger partial charge in [-0.05, 0) is 29.3 Å². The molecule has 0 bridgehead atoms. The minimum Gasteiger partial charge on any atom is -0.497 e. The van der Waals surface area contributed by atoms with Crippen molar-refractivity contribution in [1.29, 1.82) is 0 Å². The van der Waals surface area contributed by atoms with E-state index in [9.17, 15) is 10.1 Å². The number of benzene rings is 2. The lowest BCUT2D eigenvalue weighted by molar-refractivity contribution is -0.384. The van der Waals surface area contributed by atoms with E-state index in [1.54, 1.807) is 13.2 Å². The van der Waals surface area contributed by atoms with E-state index >= 15 is 0 Å². The molecule has 0 saturated heterocycles. The van der Waals surface area contributed by atoms with Crippen molar-refractivity contribution in [3.8, 4) is 5.75 Å². The Balaban J connectivity index is 1.97. The summed E-state index contributed by atoms with van der Waals surface area (Å²) >= 11 is 5.76. The maximum Gasteiger partial charge on any atom is 0.288 e. The van der Waals surface area contributed by atoms with Crippen LogP contribution < -0.4 is 4.74 Å². The van der Waals surface area contributed by atoms with Crippen LogP contribution in [0.2, 0.25) is 5.02 Å². The van der Waals surface area contributed by atoms with E-state index in [-0.39, 0.29) is 17.3 Å². The summed E-state index contributed by atoms with van der Waals surface area (Å²) in [6.07, 6.45) is 0. The number of halogens is 1. The molecule has 0 atom stereocenters. The Bertz CT molecular complexity index is 645. The third-order valence-corrected chi connectivity index (χ3v) is 3.20. The minimum atomic E-state index is -0.506. The van der Waals surface area contributed by atoms with Crippen LogP contribution in [0.5, 0.6) is 5.75 Å². The van der Waals surface area contributed by atoms with E-state index < -0.39 is 4.92 Å². The zero-order valence-corrected chi connectivity index (χ0v) is 12.2. The van der Waals surface area contributed by atoms with Crippen LogP contribution in [0, 0.1) is 10.1 Å². The van der Waals surface area contributed by atoms with Gasteiger partial charge < -0.3 is 9.47 Å². The zero-order valence-electron chi connectivity index (χ0n) is 11.4. The van der Waals surface area contributed by atoms with Crippen LogP contribution >= 0.6 is 11.6 Å². The third-order valence-electron chi connectivity index (χ3n) is 2.88. The third kappa shape index (κ3) is 4.18. The van der Waals surface area contributed by atoms with Gasteiger partial charge in [0.25, 0.3) is 5.69 Å². The summed E-state index contributed by atoms with van der Waals surface area (Å²) in [4.78, 5) is 10.3. The van der Waals surface area contributed by atoms with Crippen LogP contribution in [0.3, 0.4) is 0 Å². The lowest BCUT2D eigenvalue weighted by Crippen LogP contribution is -1.96. The summed E-state index contributed by atoms with van der Waals surface area (Å²) in [6, 6.07) is 12.2. The molecule has 6 heteroatoms. The van der Waals surface area contributed by atoms with Crippen molar-refractivity contribution in [1.82, 2.24) is 0 Å². The Labute approximate surface area is 127 Å². The summed E-state index contributed by atoms with van der Waals surface area (Å²) in [7, 11) is 1.60. The summed E-state index contributed by atoms with van der Waals surface area (Å²) in [5, 5.41) is 10.9. The molecule has 0 fully saturated rings. The molecule has 0 aliphatic rings. The van der Waals surface area contributed by atoms with E-state index in [2.05, 4.69) is 0 Å². The molecule has 21 heavy (non-hydrogen) atoms. The Morgan fingerprint density at radius 1 is 1.14 bits per heavy atom. The first-order valence-corrected chi connectivity index (χ1v) is 6.61. The van der Waals surface area contributed by atoms with Gasteiger partial charge in [0, 0.05) is 6.07 Å². The Morgan fingerprint density at radius 3 is 2.52 bits per heavy atom. The molecule has 2 aromatic rings. The van der Waals surface area contributed by atoms with Crippen molar-refractivity contribution in [2.24, 2.45) is 0 Å². The molecule has 0 amide bonds. The van der Waals surface area contributed by atoms with E-state index in [0.29, 0.717) is 12.2 Å². The van der Waals surface area contributed by atoms with Gasteiger partial charge in [0.05, 0.1) is 25.2 Å². The van der Waals surface area contributed by atoms with Gasteiger partial charge in [-0.25, -0.2) is 0 Å². The predicted molar refractivity (Wildman–Crippen MR) is 79.6 cm³/mol. The number of rotatable bonds is 6. The molecule has 5 nitrogen and oxygen atoms in total. The first-order chi connectivity index (χ1) is 10.1. The maximum atomic E-state index is 10.8. The number of ether oxygens (including phenoxy) is 2. The van der Waals surface area contributed by atoms with Gasteiger partial charge in [-0.1, -0.05) is 29.8 Å². The van der Waals surface area contributed by atoms with Crippen molar-refractivity contribution in [3.05, 3.63) is 68.7 Å². The van der Waals surface area contributed by atoms with E-state index in [0.717, 1.165) is 11.3 Å². The van der Waals surface area contributed by atoms with Crippen molar-refractivity contribution < 1.29 is 14.4 Å². The number of methoxy groups -OCH3 is 1. The fourth-order valence-electron chi connectivity index (χ4n) is 1.84. The Kier molecular flexibility index (Phi) is 5.14. The second kappa shape index (κ2) is 7.06. The fourth-order valence-corrected chi connectivity index (χ4v) is 2.02. The van der Waals surface area contributed by atoms with E-state index in [4.69, 9.17) is 21.1 Å². The highest BCUT2D eigenvalue weighted by Gasteiger charge is 2.12. The van der Waals surface area contributed by atoms with Gasteiger partial charge in [-0.2, -0.15) is 0 Å². The van der Waals surface area contributed by atoms with Crippen molar-refractivity contribution >= 4 is 17.3 Å². The van der Waals surface area contributed by atoms with Gasteiger partial charge in [-0.3, -0.25) is 10.1 Å². The van der Waals surface area contributed by atoms with Gasteiger partial charge in [0.15, 0.2) is 0 Å². The summed E-state index contributed by atoms with van der Waals surface area (Å²) in [5.74, 6) is 0.762. The molecule has 2 rings (SSSR count). The molecule has 0 heterocycles. The number of hydrogen-bond acceptors (Lipinski definition) is 4. The van der Waals surface area contributed by atoms with Gasteiger partial charge in [0.1, 0.15) is 10.8 Å². The molecule has 0 radical (unpaired) electrons. The summed E-state index contributed by atoms with van der Waals surface area (Å²) in [5.41, 5.74) is 1.56. The molecule has 2 aromatic carbocycles. The van der Waals surface area contributed by atoms with Crippen LogP contribution in [-0.4, -0.2) is 12.0 Å². The van der Waals surface area contributed by atoms with Crippen LogP contribution in [0.15, 0.2) is 42.5 Å². The highest BCUT2D eigenvalue weighted by atomic mass is 35.5. The first kappa shape index (κ1) is 15.3. The van der Waals surface area contributed by atoms with Crippen molar-refractivity contribution in [3.63, 3.8) is 0 Å². The normalized spacial score (nSPS) is 10.4. The zero-order chi connectivity index (χ0) is 15.2. The standard InChI is InChI=1S/C15H14ClNO4/c1-20-13-4-2-3-11(7-13)9-21-10-12-5-6-14(16)15(8-12)17(18)19/h2-8H,9-10H2,1H3. The molecule has 0 saturated carbocycles. The lowest BCUT2D eigenvalue weighted by atomic mass is 10.2. The fraction of sp³-hybridized carbons (Fsp3) is 0.200. The van der Waals surface area contributed by atoms with Crippen LogP contribution in [0.4, 0.5) is 5.69 Å². The monoisotopic (exact) mass is 307 g/mol. The number of hydrogen-bond donors (Lipinski definition) is 0. The molecular formula is C15H14ClNO4. The lowest BCUT2D eigenvalue weighted by Gasteiger charge is -2.07. The number of nitro benzene ring substituents is 1. The largest absolute Gasteiger partial charge is 0.497 e. The molecule has 0 aliphatic carbocycles. The Hall–Kier alpha value is -2.11. The van der Waals surface area contributed by atoms with E-state index in [1.807, 2.05) is 24.3 Å². The molecule has 0 N–H and O–H groups in total. The Morgan fingerprint density at radius 2 is 1.86 bits per heavy atom. The second-order valence-corrected chi connectivity index (χ2v) is 4.79. The predicted octanol–water partition coefficient (Wildman–Crippen LogP) is 3.97. The molecule has 110 valence electrons. The average Bonchev–Trinajstić information content (AvgIpc) is 2.49. The molecule has 0 unspecified atom stereocenters. The van der Waals surface area contributed by atoms with Crippen LogP contribution in [0.1, 0.15) is 11.1 Å². The number of nitro groups is 1. The van der Waals surface area contributed by atoms with Gasteiger partial charge in [0.2, 0.25) is 0 Å². The molecule has 0 spiro atoms. The number of nitrogens with zero attached hydrogens (tertiary/aromatic N) is 1. The quantitative estimate of drug-likeness (QED) is 0.598. The van der Waals surface area contributed by atoms with Crippen molar-refractivity contribution in [2.75, 3.05) is 7.11 Å². The average molecular weight is 308 g/mol. The maximum absolute atomic E-state index is 10.8. The SMILES string of the molecule is COc1cccc(COCc2ccc(Cl)c([N+](=O)[O-])c2)c1.